The minimum atomic E-state index is -0.836. The monoisotopic (exact) mass is 359 g/mol. The maximum absolute atomic E-state index is 13.3. The molecule has 1 amide bonds. The molecule has 0 radical (unpaired) electrons. The Hall–Kier alpha value is -2.92. The highest BCUT2D eigenvalue weighted by molar-refractivity contribution is 6.31. The predicted molar refractivity (Wildman–Crippen MR) is 92.3 cm³/mol. The third kappa shape index (κ3) is 4.33. The molecule has 3 aromatic carbocycles. The minimum Gasteiger partial charge on any atom is -0.455 e. The summed E-state index contributed by atoms with van der Waals surface area (Å²) in [6.45, 7) is 0. The molecule has 3 aromatic rings. The fraction of sp³-hybridized carbons (Fsp3) is 0. The SMILES string of the molecule is O=C(Nc1cc(Cl)ccc1Oc1ccccc1)c1cc(F)cc(F)c1. The maximum Gasteiger partial charge on any atom is 0.255 e. The normalized spacial score (nSPS) is 10.4. The van der Waals surface area contributed by atoms with Crippen molar-refractivity contribution in [3.8, 4) is 11.5 Å². The first-order valence-electron chi connectivity index (χ1n) is 7.31. The zero-order valence-electron chi connectivity index (χ0n) is 12.8. The van der Waals surface area contributed by atoms with E-state index in [2.05, 4.69) is 5.32 Å². The Morgan fingerprint density at radius 3 is 2.28 bits per heavy atom. The van der Waals surface area contributed by atoms with E-state index in [0.29, 0.717) is 22.6 Å². The summed E-state index contributed by atoms with van der Waals surface area (Å²) in [6.07, 6.45) is 0. The van der Waals surface area contributed by atoms with Crippen molar-refractivity contribution < 1.29 is 18.3 Å². The van der Waals surface area contributed by atoms with Gasteiger partial charge in [-0.05, 0) is 42.5 Å². The summed E-state index contributed by atoms with van der Waals surface area (Å²) < 4.78 is 32.3. The molecule has 0 aliphatic carbocycles. The van der Waals surface area contributed by atoms with E-state index in [1.54, 1.807) is 36.4 Å². The largest absolute Gasteiger partial charge is 0.455 e. The van der Waals surface area contributed by atoms with Gasteiger partial charge in [0.1, 0.15) is 17.4 Å². The molecule has 3 nitrogen and oxygen atoms in total. The second kappa shape index (κ2) is 7.32. The number of ether oxygens (including phenoxy) is 1. The third-order valence-electron chi connectivity index (χ3n) is 3.29. The summed E-state index contributed by atoms with van der Waals surface area (Å²) >= 11 is 5.97. The molecule has 0 unspecified atom stereocenters. The Kier molecular flexibility index (Phi) is 4.95. The summed E-state index contributed by atoms with van der Waals surface area (Å²) in [5.74, 6) is -1.44. The number of carbonyl (C=O) groups excluding carboxylic acids is 1. The summed E-state index contributed by atoms with van der Waals surface area (Å²) in [6, 6.07) is 16.2. The van der Waals surface area contributed by atoms with Gasteiger partial charge in [-0.2, -0.15) is 0 Å². The summed E-state index contributed by atoms with van der Waals surface area (Å²) in [4.78, 5) is 12.3. The smallest absolute Gasteiger partial charge is 0.255 e. The first-order chi connectivity index (χ1) is 12.0. The predicted octanol–water partition coefficient (Wildman–Crippen LogP) is 5.66. The highest BCUT2D eigenvalue weighted by Gasteiger charge is 2.13. The molecule has 0 aliphatic heterocycles. The Morgan fingerprint density at radius 2 is 1.60 bits per heavy atom. The molecule has 3 rings (SSSR count). The first-order valence-corrected chi connectivity index (χ1v) is 7.69. The number of hydrogen-bond acceptors (Lipinski definition) is 2. The van der Waals surface area contributed by atoms with E-state index in [1.807, 2.05) is 6.07 Å². The number of anilines is 1. The Morgan fingerprint density at radius 1 is 0.920 bits per heavy atom. The van der Waals surface area contributed by atoms with Gasteiger partial charge in [-0.15, -0.1) is 0 Å². The average Bonchev–Trinajstić information content (AvgIpc) is 2.57. The van der Waals surface area contributed by atoms with Gasteiger partial charge in [0, 0.05) is 16.7 Å². The van der Waals surface area contributed by atoms with Gasteiger partial charge in [0.25, 0.3) is 5.91 Å². The second-order valence-electron chi connectivity index (χ2n) is 5.17. The van der Waals surface area contributed by atoms with Crippen LogP contribution >= 0.6 is 11.6 Å². The van der Waals surface area contributed by atoms with E-state index in [-0.39, 0.29) is 11.3 Å². The maximum atomic E-state index is 13.3. The molecule has 0 aliphatic rings. The van der Waals surface area contributed by atoms with Gasteiger partial charge in [-0.25, -0.2) is 8.78 Å². The molecule has 0 saturated carbocycles. The van der Waals surface area contributed by atoms with Crippen molar-refractivity contribution in [3.05, 3.63) is 89.0 Å². The summed E-state index contributed by atoms with van der Waals surface area (Å²) in [5, 5.41) is 2.94. The van der Waals surface area contributed by atoms with E-state index in [4.69, 9.17) is 16.3 Å². The molecular formula is C19H12ClF2NO2. The van der Waals surface area contributed by atoms with Gasteiger partial charge in [-0.3, -0.25) is 4.79 Å². The fourth-order valence-corrected chi connectivity index (χ4v) is 2.36. The molecule has 0 heterocycles. The van der Waals surface area contributed by atoms with Crippen molar-refractivity contribution in [2.24, 2.45) is 0 Å². The van der Waals surface area contributed by atoms with Crippen molar-refractivity contribution in [2.75, 3.05) is 5.32 Å². The van der Waals surface area contributed by atoms with E-state index in [9.17, 15) is 13.6 Å². The van der Waals surface area contributed by atoms with Crippen LogP contribution in [0.25, 0.3) is 0 Å². The molecule has 0 saturated heterocycles. The van der Waals surface area contributed by atoms with Gasteiger partial charge in [-0.1, -0.05) is 29.8 Å². The molecule has 0 atom stereocenters. The van der Waals surface area contributed by atoms with E-state index >= 15 is 0 Å². The standard InChI is InChI=1S/C19H12ClF2NO2/c20-13-6-7-18(25-16-4-2-1-3-5-16)17(10-13)23-19(24)12-8-14(21)11-15(22)9-12/h1-11H,(H,23,24). The Balaban J connectivity index is 1.88. The molecule has 25 heavy (non-hydrogen) atoms. The lowest BCUT2D eigenvalue weighted by Gasteiger charge is -2.13. The van der Waals surface area contributed by atoms with E-state index < -0.39 is 17.5 Å². The van der Waals surface area contributed by atoms with Crippen LogP contribution in [-0.4, -0.2) is 5.91 Å². The summed E-state index contributed by atoms with van der Waals surface area (Å²) in [7, 11) is 0. The number of carbonyl (C=O) groups is 1. The number of halogens is 3. The van der Waals surface area contributed by atoms with Crippen LogP contribution in [0.1, 0.15) is 10.4 Å². The molecule has 0 bridgehead atoms. The molecule has 6 heteroatoms. The number of nitrogens with one attached hydrogen (secondary N) is 1. The first kappa shape index (κ1) is 16.9. The molecule has 126 valence electrons. The molecule has 0 fully saturated rings. The van der Waals surface area contributed by atoms with Crippen LogP contribution in [0, 0.1) is 11.6 Å². The topological polar surface area (TPSA) is 38.3 Å². The fourth-order valence-electron chi connectivity index (χ4n) is 2.18. The number of amides is 1. The Bertz CT molecular complexity index is 896. The van der Waals surface area contributed by atoms with Crippen molar-refractivity contribution >= 4 is 23.2 Å². The van der Waals surface area contributed by atoms with Crippen LogP contribution in [0.5, 0.6) is 11.5 Å². The van der Waals surface area contributed by atoms with E-state index in [1.165, 1.54) is 6.07 Å². The number of benzene rings is 3. The van der Waals surface area contributed by atoms with Crippen molar-refractivity contribution in [2.45, 2.75) is 0 Å². The van der Waals surface area contributed by atoms with Crippen molar-refractivity contribution in [3.63, 3.8) is 0 Å². The number of rotatable bonds is 4. The van der Waals surface area contributed by atoms with Crippen molar-refractivity contribution in [1.82, 2.24) is 0 Å². The van der Waals surface area contributed by atoms with Crippen molar-refractivity contribution in [1.29, 1.82) is 0 Å². The lowest BCUT2D eigenvalue weighted by Crippen LogP contribution is -2.13. The molecule has 0 spiro atoms. The third-order valence-corrected chi connectivity index (χ3v) is 3.52. The zero-order valence-corrected chi connectivity index (χ0v) is 13.6. The van der Waals surface area contributed by atoms with Crippen LogP contribution in [0.15, 0.2) is 66.7 Å². The quantitative estimate of drug-likeness (QED) is 0.652. The second-order valence-corrected chi connectivity index (χ2v) is 5.60. The van der Waals surface area contributed by atoms with E-state index in [0.717, 1.165) is 12.1 Å². The molecular weight excluding hydrogens is 348 g/mol. The minimum absolute atomic E-state index is 0.150. The molecule has 0 aromatic heterocycles. The highest BCUT2D eigenvalue weighted by atomic mass is 35.5. The van der Waals surface area contributed by atoms with Crippen LogP contribution in [-0.2, 0) is 0 Å². The van der Waals surface area contributed by atoms with Crippen LogP contribution in [0.3, 0.4) is 0 Å². The zero-order chi connectivity index (χ0) is 17.8. The number of hydrogen-bond donors (Lipinski definition) is 1. The lowest BCUT2D eigenvalue weighted by atomic mass is 10.2. The average molecular weight is 360 g/mol. The van der Waals surface area contributed by atoms with Crippen LogP contribution in [0.4, 0.5) is 14.5 Å². The van der Waals surface area contributed by atoms with Gasteiger partial charge in [0.15, 0.2) is 5.75 Å². The molecule has 1 N–H and O–H groups in total. The number of para-hydroxylation sites is 1. The van der Waals surface area contributed by atoms with Gasteiger partial charge >= 0.3 is 0 Å². The highest BCUT2D eigenvalue weighted by Crippen LogP contribution is 2.32. The Labute approximate surface area is 147 Å². The van der Waals surface area contributed by atoms with Gasteiger partial charge in [0.05, 0.1) is 5.69 Å². The van der Waals surface area contributed by atoms with Crippen LogP contribution in [0.2, 0.25) is 5.02 Å². The van der Waals surface area contributed by atoms with Crippen LogP contribution < -0.4 is 10.1 Å². The summed E-state index contributed by atoms with van der Waals surface area (Å²) in [5.41, 5.74) is 0.133. The van der Waals surface area contributed by atoms with Gasteiger partial charge in [0.2, 0.25) is 0 Å². The van der Waals surface area contributed by atoms with Gasteiger partial charge < -0.3 is 10.1 Å². The lowest BCUT2D eigenvalue weighted by molar-refractivity contribution is 0.102.